The van der Waals surface area contributed by atoms with Crippen LogP contribution < -0.4 is 0 Å². The predicted molar refractivity (Wildman–Crippen MR) is 36.6 cm³/mol. The molecule has 0 nitrogen and oxygen atoms in total. The molecule has 0 rings (SSSR count). The van der Waals surface area contributed by atoms with Crippen molar-refractivity contribution >= 4 is 43.5 Å². The fourth-order valence-corrected chi connectivity index (χ4v) is 0. The van der Waals surface area contributed by atoms with Crippen LogP contribution in [0.2, 0.25) is 0 Å². The predicted octanol–water partition coefficient (Wildman–Crippen LogP) is 2.54. The monoisotopic (exact) mass is 233 g/mol. The zero-order valence-electron chi connectivity index (χ0n) is 3.00. The Kier molecular flexibility index (Phi) is 3.96. The molecule has 0 aliphatic heterocycles. The van der Waals surface area contributed by atoms with Crippen LogP contribution in [0.25, 0.3) is 0 Å². The molecule has 0 saturated heterocycles. The summed E-state index contributed by atoms with van der Waals surface area (Å²) in [6, 6.07) is 0. The lowest BCUT2D eigenvalue weighted by Crippen LogP contribution is -1.99. The summed E-state index contributed by atoms with van der Waals surface area (Å²) in [4.78, 5) is 0.0965. The van der Waals surface area contributed by atoms with Crippen molar-refractivity contribution < 1.29 is 0 Å². The van der Waals surface area contributed by atoms with Gasteiger partial charge in [-0.3, -0.25) is 0 Å². The molecule has 2 unspecified atom stereocenters. The molecule has 0 fully saturated rings. The van der Waals surface area contributed by atoms with Crippen molar-refractivity contribution in [2.24, 2.45) is 0 Å². The molecule has 0 spiro atoms. The Hall–Kier alpha value is 1.25. The minimum Gasteiger partial charge on any atom is -0.109 e. The van der Waals surface area contributed by atoms with E-state index in [9.17, 15) is 0 Å². The van der Waals surface area contributed by atoms with Gasteiger partial charge in [0, 0.05) is 4.83 Å². The maximum atomic E-state index is 5.42. The van der Waals surface area contributed by atoms with Gasteiger partial charge in [-0.1, -0.05) is 31.9 Å². The highest BCUT2D eigenvalue weighted by molar-refractivity contribution is 9.12. The van der Waals surface area contributed by atoms with Crippen molar-refractivity contribution in [3.05, 3.63) is 6.92 Å². The van der Waals surface area contributed by atoms with Gasteiger partial charge in [-0.05, 0) is 6.92 Å². The molecular formula is C3H4Br2Cl. The Bertz CT molecular complexity index is 29.8. The summed E-state index contributed by atoms with van der Waals surface area (Å²) in [5.41, 5.74) is 0. The molecule has 0 aromatic rings. The Balaban J connectivity index is 2.99. The molecule has 0 saturated carbocycles. The van der Waals surface area contributed by atoms with E-state index in [2.05, 4.69) is 38.8 Å². The third-order valence-corrected chi connectivity index (χ3v) is 2.76. The minimum absolute atomic E-state index is 0.0579. The molecule has 0 aliphatic carbocycles. The average Bonchev–Trinajstić information content (AvgIpc) is 1.36. The molecule has 0 aromatic carbocycles. The Morgan fingerprint density at radius 3 is 1.67 bits per heavy atom. The van der Waals surface area contributed by atoms with E-state index in [4.69, 9.17) is 11.6 Å². The van der Waals surface area contributed by atoms with Crippen LogP contribution >= 0.6 is 43.5 Å². The Labute approximate surface area is 59.5 Å². The fourth-order valence-electron chi connectivity index (χ4n) is 0. The number of alkyl halides is 3. The van der Waals surface area contributed by atoms with Crippen LogP contribution in [-0.4, -0.2) is 9.11 Å². The van der Waals surface area contributed by atoms with Gasteiger partial charge in [0.1, 0.15) is 4.29 Å². The first-order valence-electron chi connectivity index (χ1n) is 1.40. The van der Waals surface area contributed by atoms with Crippen molar-refractivity contribution in [1.29, 1.82) is 0 Å². The molecular weight excluding hydrogens is 231 g/mol. The van der Waals surface area contributed by atoms with E-state index in [1.54, 1.807) is 0 Å². The summed E-state index contributed by atoms with van der Waals surface area (Å²) in [6.07, 6.45) is 0. The first-order valence-corrected chi connectivity index (χ1v) is 3.66. The molecule has 0 N–H and O–H groups in total. The normalized spacial score (nSPS) is 20.0. The molecule has 6 heavy (non-hydrogen) atoms. The van der Waals surface area contributed by atoms with Gasteiger partial charge in [0.15, 0.2) is 0 Å². The van der Waals surface area contributed by atoms with Crippen LogP contribution in [0.3, 0.4) is 0 Å². The molecule has 37 valence electrons. The van der Waals surface area contributed by atoms with E-state index in [-0.39, 0.29) is 9.11 Å². The SMILES string of the molecule is [CH2]C(Br)C(Cl)Br. The lowest BCUT2D eigenvalue weighted by molar-refractivity contribution is 1.23. The van der Waals surface area contributed by atoms with E-state index in [0.29, 0.717) is 0 Å². The summed E-state index contributed by atoms with van der Waals surface area (Å²) < 4.78 is -0.0579. The number of rotatable bonds is 1. The van der Waals surface area contributed by atoms with Gasteiger partial charge in [0.2, 0.25) is 0 Å². The van der Waals surface area contributed by atoms with Gasteiger partial charge in [0.25, 0.3) is 0 Å². The van der Waals surface area contributed by atoms with Crippen molar-refractivity contribution in [1.82, 2.24) is 0 Å². The smallest absolute Gasteiger partial charge is 0.101 e. The number of hydrogen-bond donors (Lipinski definition) is 0. The molecule has 0 heterocycles. The van der Waals surface area contributed by atoms with Crippen LogP contribution in [0.15, 0.2) is 0 Å². The summed E-state index contributed by atoms with van der Waals surface area (Å²) in [6.45, 7) is 3.58. The number of halogens is 3. The average molecular weight is 235 g/mol. The summed E-state index contributed by atoms with van der Waals surface area (Å²) in [5.74, 6) is 0. The second-order valence-electron chi connectivity index (χ2n) is 0.850. The Morgan fingerprint density at radius 2 is 1.67 bits per heavy atom. The van der Waals surface area contributed by atoms with Crippen LogP contribution in [0, 0.1) is 6.92 Å². The standard InChI is InChI=1S/C3H4Br2Cl/c1-2(4)3(5)6/h2-3H,1H2. The molecule has 0 amide bonds. The van der Waals surface area contributed by atoms with Crippen LogP contribution in [0.5, 0.6) is 0 Å². The van der Waals surface area contributed by atoms with Gasteiger partial charge in [0.05, 0.1) is 0 Å². The molecule has 3 heteroatoms. The van der Waals surface area contributed by atoms with E-state index in [1.807, 2.05) is 0 Å². The zero-order valence-corrected chi connectivity index (χ0v) is 6.92. The maximum absolute atomic E-state index is 5.42. The van der Waals surface area contributed by atoms with Crippen molar-refractivity contribution in [3.63, 3.8) is 0 Å². The molecule has 0 aromatic heterocycles. The number of hydrogen-bond acceptors (Lipinski definition) is 0. The van der Waals surface area contributed by atoms with Crippen LogP contribution in [0.4, 0.5) is 0 Å². The lowest BCUT2D eigenvalue weighted by atomic mass is 10.6. The highest BCUT2D eigenvalue weighted by atomic mass is 79.9. The second-order valence-corrected chi connectivity index (χ2v) is 4.01. The Morgan fingerprint density at radius 1 is 1.50 bits per heavy atom. The van der Waals surface area contributed by atoms with E-state index in [0.717, 1.165) is 0 Å². The molecule has 1 radical (unpaired) electrons. The zero-order chi connectivity index (χ0) is 5.15. The topological polar surface area (TPSA) is 0 Å². The first kappa shape index (κ1) is 7.25. The molecule has 0 aliphatic rings. The van der Waals surface area contributed by atoms with Crippen LogP contribution in [-0.2, 0) is 0 Å². The van der Waals surface area contributed by atoms with Gasteiger partial charge in [-0.2, -0.15) is 0 Å². The van der Waals surface area contributed by atoms with E-state index >= 15 is 0 Å². The van der Waals surface area contributed by atoms with Crippen LogP contribution in [0.1, 0.15) is 0 Å². The highest BCUT2D eigenvalue weighted by Crippen LogP contribution is 2.15. The quantitative estimate of drug-likeness (QED) is 0.613. The molecule has 2 atom stereocenters. The second kappa shape index (κ2) is 3.28. The van der Waals surface area contributed by atoms with Crippen molar-refractivity contribution in [2.75, 3.05) is 0 Å². The lowest BCUT2D eigenvalue weighted by Gasteiger charge is -1.98. The summed E-state index contributed by atoms with van der Waals surface area (Å²) >= 11 is 11.7. The summed E-state index contributed by atoms with van der Waals surface area (Å²) in [7, 11) is 0. The van der Waals surface area contributed by atoms with Crippen molar-refractivity contribution in [2.45, 2.75) is 9.11 Å². The van der Waals surface area contributed by atoms with Gasteiger partial charge in [-0.25, -0.2) is 0 Å². The fraction of sp³-hybridized carbons (Fsp3) is 0.667. The van der Waals surface area contributed by atoms with Gasteiger partial charge < -0.3 is 0 Å². The van der Waals surface area contributed by atoms with E-state index < -0.39 is 0 Å². The largest absolute Gasteiger partial charge is 0.109 e. The van der Waals surface area contributed by atoms with E-state index in [1.165, 1.54) is 0 Å². The highest BCUT2D eigenvalue weighted by Gasteiger charge is 2.03. The van der Waals surface area contributed by atoms with Gasteiger partial charge >= 0.3 is 0 Å². The van der Waals surface area contributed by atoms with Crippen molar-refractivity contribution in [3.8, 4) is 0 Å². The summed E-state index contributed by atoms with van der Waals surface area (Å²) in [5, 5.41) is 0. The first-order chi connectivity index (χ1) is 2.64. The minimum atomic E-state index is -0.0579. The van der Waals surface area contributed by atoms with Gasteiger partial charge in [-0.15, -0.1) is 11.6 Å². The third kappa shape index (κ3) is 3.44. The third-order valence-electron chi connectivity index (χ3n) is 0.273. The molecule has 0 bridgehead atoms. The maximum Gasteiger partial charge on any atom is 0.101 e.